The fourth-order valence-electron chi connectivity index (χ4n) is 2.25. The molecule has 0 bridgehead atoms. The van der Waals surface area contributed by atoms with Gasteiger partial charge in [0.1, 0.15) is 6.10 Å². The zero-order chi connectivity index (χ0) is 13.8. The molecule has 3 N–H and O–H groups in total. The second kappa shape index (κ2) is 6.04. The van der Waals surface area contributed by atoms with E-state index in [9.17, 15) is 4.79 Å². The molecule has 0 radical (unpaired) electrons. The van der Waals surface area contributed by atoms with Crippen LogP contribution in [0.2, 0.25) is 0 Å². The van der Waals surface area contributed by atoms with Gasteiger partial charge in [0.2, 0.25) is 0 Å². The lowest BCUT2D eigenvalue weighted by molar-refractivity contribution is -0.126. The number of para-hydroxylation sites is 2. The molecule has 1 saturated heterocycles. The number of nitrogens with zero attached hydrogens (tertiary/aromatic N) is 1. The van der Waals surface area contributed by atoms with Gasteiger partial charge < -0.3 is 20.7 Å². The topological polar surface area (TPSA) is 67.6 Å². The molecule has 2 rings (SSSR count). The van der Waals surface area contributed by atoms with Gasteiger partial charge in [-0.05, 0) is 25.0 Å². The van der Waals surface area contributed by atoms with Gasteiger partial charge in [0.15, 0.2) is 0 Å². The van der Waals surface area contributed by atoms with E-state index in [4.69, 9.17) is 10.5 Å². The van der Waals surface area contributed by atoms with Crippen LogP contribution in [0.3, 0.4) is 0 Å². The van der Waals surface area contributed by atoms with Crippen LogP contribution in [0.1, 0.15) is 12.8 Å². The SMILES string of the molecule is CN(C)c1ccccc1NC(=O)[C@@H]1CC[C@H](CN)O1. The summed E-state index contributed by atoms with van der Waals surface area (Å²) in [5, 5.41) is 2.93. The normalized spacial score (nSPS) is 22.3. The first kappa shape index (κ1) is 13.8. The zero-order valence-electron chi connectivity index (χ0n) is 11.4. The van der Waals surface area contributed by atoms with Crippen molar-refractivity contribution in [3.05, 3.63) is 24.3 Å². The maximum absolute atomic E-state index is 12.2. The molecule has 0 aromatic heterocycles. The van der Waals surface area contributed by atoms with Crippen LogP contribution >= 0.6 is 0 Å². The Morgan fingerprint density at radius 2 is 2.16 bits per heavy atom. The van der Waals surface area contributed by atoms with Gasteiger partial charge in [0, 0.05) is 20.6 Å². The highest BCUT2D eigenvalue weighted by atomic mass is 16.5. The molecule has 0 aliphatic carbocycles. The number of nitrogens with one attached hydrogen (secondary N) is 1. The third-order valence-electron chi connectivity index (χ3n) is 3.31. The summed E-state index contributed by atoms with van der Waals surface area (Å²) >= 11 is 0. The molecule has 1 fully saturated rings. The van der Waals surface area contributed by atoms with Gasteiger partial charge in [-0.15, -0.1) is 0 Å². The monoisotopic (exact) mass is 263 g/mol. The number of carbonyl (C=O) groups excluding carboxylic acids is 1. The van der Waals surface area contributed by atoms with E-state index >= 15 is 0 Å². The van der Waals surface area contributed by atoms with E-state index in [1.807, 2.05) is 43.3 Å². The van der Waals surface area contributed by atoms with E-state index < -0.39 is 0 Å². The van der Waals surface area contributed by atoms with Crippen molar-refractivity contribution in [3.63, 3.8) is 0 Å². The lowest BCUT2D eigenvalue weighted by Gasteiger charge is -2.19. The summed E-state index contributed by atoms with van der Waals surface area (Å²) in [6, 6.07) is 7.71. The molecular weight excluding hydrogens is 242 g/mol. The summed E-state index contributed by atoms with van der Waals surface area (Å²) in [6.45, 7) is 0.470. The zero-order valence-corrected chi connectivity index (χ0v) is 11.4. The van der Waals surface area contributed by atoms with Crippen LogP contribution in [-0.2, 0) is 9.53 Å². The summed E-state index contributed by atoms with van der Waals surface area (Å²) in [5.74, 6) is -0.0924. The second-order valence-electron chi connectivity index (χ2n) is 4.96. The van der Waals surface area contributed by atoms with E-state index in [0.717, 1.165) is 24.2 Å². The number of amides is 1. The number of carbonyl (C=O) groups is 1. The Morgan fingerprint density at radius 3 is 2.79 bits per heavy atom. The molecule has 0 spiro atoms. The maximum Gasteiger partial charge on any atom is 0.253 e. The summed E-state index contributed by atoms with van der Waals surface area (Å²) in [5.41, 5.74) is 7.33. The lowest BCUT2D eigenvalue weighted by atomic mass is 10.2. The number of rotatable bonds is 4. The number of hydrogen-bond donors (Lipinski definition) is 2. The van der Waals surface area contributed by atoms with Crippen molar-refractivity contribution in [1.82, 2.24) is 0 Å². The van der Waals surface area contributed by atoms with Crippen molar-refractivity contribution in [1.29, 1.82) is 0 Å². The predicted octanol–water partition coefficient (Wildman–Crippen LogP) is 1.20. The Morgan fingerprint density at radius 1 is 1.42 bits per heavy atom. The smallest absolute Gasteiger partial charge is 0.253 e. The van der Waals surface area contributed by atoms with E-state index in [2.05, 4.69) is 5.32 Å². The van der Waals surface area contributed by atoms with Crippen molar-refractivity contribution in [3.8, 4) is 0 Å². The molecule has 104 valence electrons. The van der Waals surface area contributed by atoms with Crippen LogP contribution in [0.4, 0.5) is 11.4 Å². The molecule has 1 heterocycles. The predicted molar refractivity (Wildman–Crippen MR) is 76.3 cm³/mol. The van der Waals surface area contributed by atoms with Crippen molar-refractivity contribution in [2.24, 2.45) is 5.73 Å². The van der Waals surface area contributed by atoms with Gasteiger partial charge in [0.25, 0.3) is 5.91 Å². The Bertz CT molecular complexity index is 448. The van der Waals surface area contributed by atoms with E-state index in [1.54, 1.807) is 0 Å². The van der Waals surface area contributed by atoms with Crippen molar-refractivity contribution < 1.29 is 9.53 Å². The van der Waals surface area contributed by atoms with Gasteiger partial charge >= 0.3 is 0 Å². The molecule has 1 aromatic carbocycles. The molecule has 0 unspecified atom stereocenters. The Labute approximate surface area is 113 Å². The molecule has 1 aliphatic heterocycles. The number of nitrogens with two attached hydrogens (primary N) is 1. The minimum Gasteiger partial charge on any atom is -0.376 e. The number of ether oxygens (including phenoxy) is 1. The number of hydrogen-bond acceptors (Lipinski definition) is 4. The fraction of sp³-hybridized carbons (Fsp3) is 0.500. The molecule has 1 aliphatic rings. The summed E-state index contributed by atoms with van der Waals surface area (Å²) in [6.07, 6.45) is 1.21. The molecule has 1 aromatic rings. The average molecular weight is 263 g/mol. The van der Waals surface area contributed by atoms with Gasteiger partial charge in [-0.25, -0.2) is 0 Å². The minimum atomic E-state index is -0.385. The van der Waals surface area contributed by atoms with E-state index in [-0.39, 0.29) is 18.1 Å². The van der Waals surface area contributed by atoms with Crippen LogP contribution in [0.15, 0.2) is 24.3 Å². The molecule has 5 nitrogen and oxygen atoms in total. The van der Waals surface area contributed by atoms with Crippen LogP contribution < -0.4 is 16.0 Å². The molecule has 1 amide bonds. The quantitative estimate of drug-likeness (QED) is 0.856. The standard InChI is InChI=1S/C14H21N3O2/c1-17(2)12-6-4-3-5-11(12)16-14(18)13-8-7-10(9-15)19-13/h3-6,10,13H,7-9,15H2,1-2H3,(H,16,18)/t10-,13+/m1/s1. The first-order chi connectivity index (χ1) is 9.11. The van der Waals surface area contributed by atoms with Crippen molar-refractivity contribution in [2.75, 3.05) is 30.9 Å². The first-order valence-corrected chi connectivity index (χ1v) is 6.54. The van der Waals surface area contributed by atoms with Crippen LogP contribution in [0.25, 0.3) is 0 Å². The van der Waals surface area contributed by atoms with Crippen molar-refractivity contribution in [2.45, 2.75) is 25.0 Å². The average Bonchev–Trinajstić information content (AvgIpc) is 2.88. The molecule has 2 atom stereocenters. The number of anilines is 2. The third-order valence-corrected chi connectivity index (χ3v) is 3.31. The van der Waals surface area contributed by atoms with Crippen LogP contribution in [-0.4, -0.2) is 38.8 Å². The van der Waals surface area contributed by atoms with Crippen LogP contribution in [0.5, 0.6) is 0 Å². The third kappa shape index (κ3) is 3.24. The van der Waals surface area contributed by atoms with Gasteiger partial charge in [-0.2, -0.15) is 0 Å². The maximum atomic E-state index is 12.2. The lowest BCUT2D eigenvalue weighted by Crippen LogP contribution is -2.30. The highest BCUT2D eigenvalue weighted by Gasteiger charge is 2.30. The van der Waals surface area contributed by atoms with Gasteiger partial charge in [-0.3, -0.25) is 4.79 Å². The summed E-state index contributed by atoms with van der Waals surface area (Å²) < 4.78 is 5.59. The van der Waals surface area contributed by atoms with Crippen molar-refractivity contribution >= 4 is 17.3 Å². The van der Waals surface area contributed by atoms with Crippen LogP contribution in [0, 0.1) is 0 Å². The molecular formula is C14H21N3O2. The Kier molecular flexibility index (Phi) is 4.39. The Hall–Kier alpha value is -1.59. The first-order valence-electron chi connectivity index (χ1n) is 6.54. The highest BCUT2D eigenvalue weighted by molar-refractivity contribution is 5.97. The summed E-state index contributed by atoms with van der Waals surface area (Å²) in [4.78, 5) is 14.1. The Balaban J connectivity index is 2.03. The second-order valence-corrected chi connectivity index (χ2v) is 4.96. The minimum absolute atomic E-state index is 0.0137. The fourth-order valence-corrected chi connectivity index (χ4v) is 2.25. The highest BCUT2D eigenvalue weighted by Crippen LogP contribution is 2.25. The molecule has 0 saturated carbocycles. The molecule has 19 heavy (non-hydrogen) atoms. The van der Waals surface area contributed by atoms with E-state index in [0.29, 0.717) is 6.54 Å². The largest absolute Gasteiger partial charge is 0.376 e. The van der Waals surface area contributed by atoms with Gasteiger partial charge in [0.05, 0.1) is 17.5 Å². The summed E-state index contributed by atoms with van der Waals surface area (Å²) in [7, 11) is 3.89. The van der Waals surface area contributed by atoms with E-state index in [1.165, 1.54) is 0 Å². The molecule has 5 heteroatoms. The number of benzene rings is 1. The van der Waals surface area contributed by atoms with Gasteiger partial charge in [-0.1, -0.05) is 12.1 Å².